The highest BCUT2D eigenvalue weighted by atomic mass is 16.5. The van der Waals surface area contributed by atoms with Gasteiger partial charge >= 0.3 is 0 Å². The van der Waals surface area contributed by atoms with Crippen LogP contribution in [0.25, 0.3) is 0 Å². The van der Waals surface area contributed by atoms with Crippen LogP contribution in [0.3, 0.4) is 0 Å². The monoisotopic (exact) mass is 304 g/mol. The number of carbonyl (C=O) groups excluding carboxylic acids is 2. The van der Waals surface area contributed by atoms with Crippen LogP contribution in [0.1, 0.15) is 5.56 Å². The average Bonchev–Trinajstić information content (AvgIpc) is 2.58. The molecule has 0 aromatic heterocycles. The Morgan fingerprint density at radius 1 is 1.14 bits per heavy atom. The van der Waals surface area contributed by atoms with Gasteiger partial charge in [0.1, 0.15) is 12.6 Å². The summed E-state index contributed by atoms with van der Waals surface area (Å²) in [7, 11) is 0. The van der Waals surface area contributed by atoms with Crippen molar-refractivity contribution in [2.24, 2.45) is 0 Å². The Labute approximate surface area is 129 Å². The van der Waals surface area contributed by atoms with Gasteiger partial charge in [0.2, 0.25) is 11.8 Å². The maximum atomic E-state index is 12.7. The Morgan fingerprint density at radius 3 is 2.59 bits per heavy atom. The van der Waals surface area contributed by atoms with Crippen molar-refractivity contribution < 1.29 is 19.1 Å². The maximum absolute atomic E-state index is 12.7. The molecule has 2 aliphatic rings. The molecule has 1 atom stereocenters. The van der Waals surface area contributed by atoms with Gasteiger partial charge in [-0.25, -0.2) is 0 Å². The number of hydrogen-bond donors (Lipinski definition) is 0. The lowest BCUT2D eigenvalue weighted by molar-refractivity contribution is -0.161. The Balaban J connectivity index is 1.74. The normalized spacial score (nSPS) is 22.7. The van der Waals surface area contributed by atoms with Crippen LogP contribution < -0.4 is 0 Å². The first-order valence-electron chi connectivity index (χ1n) is 7.53. The van der Waals surface area contributed by atoms with Gasteiger partial charge in [0.05, 0.1) is 19.8 Å². The van der Waals surface area contributed by atoms with Crippen LogP contribution in [-0.2, 0) is 25.6 Å². The fourth-order valence-corrected chi connectivity index (χ4v) is 2.78. The molecule has 2 fully saturated rings. The van der Waals surface area contributed by atoms with Crippen molar-refractivity contribution >= 4 is 11.8 Å². The summed E-state index contributed by atoms with van der Waals surface area (Å²) >= 11 is 0. The van der Waals surface area contributed by atoms with Gasteiger partial charge in [-0.1, -0.05) is 30.3 Å². The van der Waals surface area contributed by atoms with Gasteiger partial charge in [0, 0.05) is 19.6 Å². The van der Waals surface area contributed by atoms with Gasteiger partial charge in [0.25, 0.3) is 0 Å². The van der Waals surface area contributed by atoms with E-state index in [9.17, 15) is 9.59 Å². The second-order valence-electron chi connectivity index (χ2n) is 5.48. The van der Waals surface area contributed by atoms with Crippen LogP contribution in [0.2, 0.25) is 0 Å². The summed E-state index contributed by atoms with van der Waals surface area (Å²) in [5.41, 5.74) is 1.01. The Hall–Kier alpha value is -1.92. The molecule has 0 radical (unpaired) electrons. The molecule has 0 saturated carbocycles. The molecule has 6 nitrogen and oxygen atoms in total. The first kappa shape index (κ1) is 15.0. The Kier molecular flexibility index (Phi) is 4.70. The van der Waals surface area contributed by atoms with E-state index in [4.69, 9.17) is 9.47 Å². The molecule has 118 valence electrons. The van der Waals surface area contributed by atoms with Crippen LogP contribution in [0.15, 0.2) is 30.3 Å². The molecule has 1 aromatic rings. The summed E-state index contributed by atoms with van der Waals surface area (Å²) in [5.74, 6) is -0.186. The van der Waals surface area contributed by atoms with Crippen LogP contribution in [0, 0.1) is 0 Å². The quantitative estimate of drug-likeness (QED) is 0.804. The van der Waals surface area contributed by atoms with Crippen LogP contribution in [0.4, 0.5) is 0 Å². The topological polar surface area (TPSA) is 59.1 Å². The number of morpholine rings is 2. The zero-order valence-corrected chi connectivity index (χ0v) is 12.4. The van der Waals surface area contributed by atoms with Crippen molar-refractivity contribution in [3.63, 3.8) is 0 Å². The number of hydrogen-bond acceptors (Lipinski definition) is 4. The fourth-order valence-electron chi connectivity index (χ4n) is 2.78. The summed E-state index contributed by atoms with van der Waals surface area (Å²) in [4.78, 5) is 28.3. The lowest BCUT2D eigenvalue weighted by atomic mass is 10.1. The summed E-state index contributed by atoms with van der Waals surface area (Å²) < 4.78 is 10.6. The fraction of sp³-hybridized carbons (Fsp3) is 0.500. The van der Waals surface area contributed by atoms with Gasteiger partial charge in [-0.2, -0.15) is 0 Å². The van der Waals surface area contributed by atoms with E-state index < -0.39 is 6.04 Å². The first-order chi connectivity index (χ1) is 10.8. The molecule has 0 aliphatic carbocycles. The van der Waals surface area contributed by atoms with Crippen LogP contribution in [0.5, 0.6) is 0 Å². The standard InChI is InChI=1S/C16H20N2O4/c19-15-12-22-11-14(16(20)17-6-8-21-9-7-17)18(15)10-13-4-2-1-3-5-13/h1-5,14H,6-12H2. The third kappa shape index (κ3) is 3.28. The number of rotatable bonds is 3. The molecule has 2 aliphatic heterocycles. The van der Waals surface area contributed by atoms with Gasteiger partial charge in [0.15, 0.2) is 0 Å². The van der Waals surface area contributed by atoms with Crippen LogP contribution >= 0.6 is 0 Å². The third-order valence-electron chi connectivity index (χ3n) is 4.00. The SMILES string of the molecule is O=C(C1COCC(=O)N1Cc1ccccc1)N1CCOCC1. The molecule has 0 N–H and O–H groups in total. The largest absolute Gasteiger partial charge is 0.378 e. The molecule has 0 spiro atoms. The number of ether oxygens (including phenoxy) is 2. The number of nitrogens with zero attached hydrogens (tertiary/aromatic N) is 2. The van der Waals surface area contributed by atoms with Crippen molar-refractivity contribution in [3.8, 4) is 0 Å². The molecule has 2 heterocycles. The van der Waals surface area contributed by atoms with Gasteiger partial charge in [-0.3, -0.25) is 9.59 Å². The molecule has 2 saturated heterocycles. The molecule has 3 rings (SSSR count). The second kappa shape index (κ2) is 6.89. The van der Waals surface area contributed by atoms with Crippen molar-refractivity contribution in [1.29, 1.82) is 0 Å². The number of amides is 2. The van der Waals surface area contributed by atoms with E-state index in [0.29, 0.717) is 32.8 Å². The molecule has 6 heteroatoms. The zero-order valence-electron chi connectivity index (χ0n) is 12.4. The van der Waals surface area contributed by atoms with Gasteiger partial charge in [-0.05, 0) is 5.56 Å². The highest BCUT2D eigenvalue weighted by Crippen LogP contribution is 2.16. The molecule has 2 amide bonds. The lowest BCUT2D eigenvalue weighted by Gasteiger charge is -2.38. The molecular weight excluding hydrogens is 284 g/mol. The number of benzene rings is 1. The summed E-state index contributed by atoms with van der Waals surface area (Å²) in [6, 6.07) is 9.16. The summed E-state index contributed by atoms with van der Waals surface area (Å²) in [6.45, 7) is 2.97. The average molecular weight is 304 g/mol. The molecule has 1 aromatic carbocycles. The van der Waals surface area contributed by atoms with Gasteiger partial charge < -0.3 is 19.3 Å². The second-order valence-corrected chi connectivity index (χ2v) is 5.48. The Morgan fingerprint density at radius 2 is 1.86 bits per heavy atom. The van der Waals surface area contributed by atoms with E-state index in [0.717, 1.165) is 5.56 Å². The van der Waals surface area contributed by atoms with Crippen molar-refractivity contribution in [2.45, 2.75) is 12.6 Å². The molecular formula is C16H20N2O4. The first-order valence-corrected chi connectivity index (χ1v) is 7.53. The predicted octanol–water partition coefficient (Wildman–Crippen LogP) is 0.273. The third-order valence-corrected chi connectivity index (χ3v) is 4.00. The maximum Gasteiger partial charge on any atom is 0.249 e. The minimum Gasteiger partial charge on any atom is -0.378 e. The molecule has 22 heavy (non-hydrogen) atoms. The highest BCUT2D eigenvalue weighted by Gasteiger charge is 2.36. The highest BCUT2D eigenvalue weighted by molar-refractivity contribution is 5.89. The smallest absolute Gasteiger partial charge is 0.249 e. The van der Waals surface area contributed by atoms with E-state index in [2.05, 4.69) is 0 Å². The van der Waals surface area contributed by atoms with E-state index in [1.807, 2.05) is 30.3 Å². The molecule has 1 unspecified atom stereocenters. The predicted molar refractivity (Wildman–Crippen MR) is 79.0 cm³/mol. The van der Waals surface area contributed by atoms with E-state index in [1.165, 1.54) is 0 Å². The summed E-state index contributed by atoms with van der Waals surface area (Å²) in [5, 5.41) is 0. The van der Waals surface area contributed by atoms with E-state index in [1.54, 1.807) is 9.80 Å². The minimum absolute atomic E-state index is 0.0414. The lowest BCUT2D eigenvalue weighted by Crippen LogP contribution is -2.58. The van der Waals surface area contributed by atoms with Crippen molar-refractivity contribution in [1.82, 2.24) is 9.80 Å². The number of carbonyl (C=O) groups is 2. The minimum atomic E-state index is -0.542. The molecule has 0 bridgehead atoms. The van der Waals surface area contributed by atoms with E-state index in [-0.39, 0.29) is 25.0 Å². The van der Waals surface area contributed by atoms with Crippen molar-refractivity contribution in [2.75, 3.05) is 39.5 Å². The van der Waals surface area contributed by atoms with Crippen molar-refractivity contribution in [3.05, 3.63) is 35.9 Å². The summed E-state index contributed by atoms with van der Waals surface area (Å²) in [6.07, 6.45) is 0. The van der Waals surface area contributed by atoms with Gasteiger partial charge in [-0.15, -0.1) is 0 Å². The Bertz CT molecular complexity index is 528. The van der Waals surface area contributed by atoms with E-state index >= 15 is 0 Å². The zero-order chi connectivity index (χ0) is 15.4. The van der Waals surface area contributed by atoms with Crippen LogP contribution in [-0.4, -0.2) is 67.2 Å².